The van der Waals surface area contributed by atoms with Crippen LogP contribution in [0, 0.1) is 0 Å². The van der Waals surface area contributed by atoms with Crippen molar-refractivity contribution >= 4 is 22.5 Å². The number of hydrogen-bond donors (Lipinski definition) is 1. The molecule has 4 aromatic rings. The molecule has 0 atom stereocenters. The number of halogens is 7. The lowest BCUT2D eigenvalue weighted by atomic mass is 9.92. The zero-order chi connectivity index (χ0) is 27.2. The maximum atomic E-state index is 13.7. The molecule has 0 saturated carbocycles. The largest absolute Gasteiger partial charge is 0.495 e. The fraction of sp³-hybridized carbons (Fsp3) is 0.200. The highest BCUT2D eigenvalue weighted by molar-refractivity contribution is 6.36. The van der Waals surface area contributed by atoms with Crippen LogP contribution in [-0.2, 0) is 12.0 Å². The summed E-state index contributed by atoms with van der Waals surface area (Å²) in [5, 5.41) is 9.62. The minimum atomic E-state index is -6.10. The van der Waals surface area contributed by atoms with E-state index < -0.39 is 29.1 Å². The van der Waals surface area contributed by atoms with Gasteiger partial charge in [-0.25, -0.2) is 4.98 Å². The van der Waals surface area contributed by atoms with Crippen LogP contribution in [-0.4, -0.2) is 34.1 Å². The fourth-order valence-corrected chi connectivity index (χ4v) is 4.26. The first-order valence-electron chi connectivity index (χ1n) is 10.6. The third-order valence-electron chi connectivity index (χ3n) is 5.78. The van der Waals surface area contributed by atoms with Gasteiger partial charge in [-0.15, -0.1) is 0 Å². The molecule has 0 unspecified atom stereocenters. The minimum Gasteiger partial charge on any atom is -0.495 e. The molecule has 0 aliphatic rings. The van der Waals surface area contributed by atoms with Crippen molar-refractivity contribution in [1.82, 2.24) is 9.55 Å². The van der Waals surface area contributed by atoms with Crippen molar-refractivity contribution in [3.05, 3.63) is 99.1 Å². The molecule has 4 rings (SSSR count). The molecule has 1 aromatic heterocycles. The van der Waals surface area contributed by atoms with Gasteiger partial charge in [0.25, 0.3) is 11.2 Å². The number of methoxy groups -OCH3 is 1. The number of ether oxygens (including phenoxy) is 1. The van der Waals surface area contributed by atoms with E-state index >= 15 is 0 Å². The van der Waals surface area contributed by atoms with Crippen LogP contribution < -0.4 is 10.3 Å². The molecule has 37 heavy (non-hydrogen) atoms. The molecule has 0 fully saturated rings. The van der Waals surface area contributed by atoms with E-state index in [0.717, 1.165) is 16.7 Å². The van der Waals surface area contributed by atoms with Crippen molar-refractivity contribution in [3.63, 3.8) is 0 Å². The van der Waals surface area contributed by atoms with Crippen molar-refractivity contribution < 1.29 is 36.2 Å². The van der Waals surface area contributed by atoms with Gasteiger partial charge in [-0.05, 0) is 29.8 Å². The first-order chi connectivity index (χ1) is 17.3. The summed E-state index contributed by atoms with van der Waals surface area (Å²) >= 11 is 6.33. The van der Waals surface area contributed by atoms with E-state index in [9.17, 15) is 36.2 Å². The number of aromatic nitrogens is 2. The Bertz CT molecular complexity index is 1500. The number of rotatable bonds is 5. The molecule has 0 saturated heterocycles. The Morgan fingerprint density at radius 1 is 0.946 bits per heavy atom. The number of aliphatic hydroxyl groups is 1. The summed E-state index contributed by atoms with van der Waals surface area (Å²) in [5.74, 6) is 0.136. The molecule has 0 radical (unpaired) electrons. The number of alkyl halides is 6. The summed E-state index contributed by atoms with van der Waals surface area (Å²) in [4.78, 5) is 18.1. The molecule has 1 heterocycles. The Balaban J connectivity index is 2.04. The van der Waals surface area contributed by atoms with Gasteiger partial charge in [0.1, 0.15) is 11.6 Å². The smallest absolute Gasteiger partial charge is 0.430 e. The van der Waals surface area contributed by atoms with E-state index in [2.05, 4.69) is 4.98 Å². The average molecular weight is 543 g/mol. The Morgan fingerprint density at radius 3 is 2.19 bits per heavy atom. The molecule has 3 aromatic carbocycles. The highest BCUT2D eigenvalue weighted by Crippen LogP contribution is 2.50. The van der Waals surface area contributed by atoms with Gasteiger partial charge in [-0.1, -0.05) is 54.1 Å². The van der Waals surface area contributed by atoms with Gasteiger partial charge in [0.2, 0.25) is 0 Å². The molecule has 0 aliphatic heterocycles. The molecular formula is C25H17ClF6N2O3. The molecule has 0 aliphatic carbocycles. The zero-order valence-corrected chi connectivity index (χ0v) is 19.6. The molecule has 194 valence electrons. The Kier molecular flexibility index (Phi) is 6.72. The Labute approximate surface area is 210 Å². The van der Waals surface area contributed by atoms with Crippen LogP contribution in [0.4, 0.5) is 26.3 Å². The van der Waals surface area contributed by atoms with Crippen LogP contribution in [0.25, 0.3) is 16.6 Å². The Morgan fingerprint density at radius 2 is 1.59 bits per heavy atom. The van der Waals surface area contributed by atoms with Gasteiger partial charge in [0, 0.05) is 12.0 Å². The average Bonchev–Trinajstić information content (AvgIpc) is 2.83. The van der Waals surface area contributed by atoms with E-state index in [0.29, 0.717) is 17.7 Å². The van der Waals surface area contributed by atoms with Gasteiger partial charge in [0.05, 0.1) is 28.7 Å². The summed E-state index contributed by atoms with van der Waals surface area (Å²) in [7, 11) is 1.31. The minimum absolute atomic E-state index is 0.00268. The van der Waals surface area contributed by atoms with E-state index in [1.807, 2.05) is 0 Å². The van der Waals surface area contributed by atoms with Gasteiger partial charge >= 0.3 is 12.4 Å². The normalized spacial score (nSPS) is 12.7. The molecule has 1 N–H and O–H groups in total. The monoisotopic (exact) mass is 542 g/mol. The maximum absolute atomic E-state index is 13.7. The third kappa shape index (κ3) is 4.53. The van der Waals surface area contributed by atoms with Crippen LogP contribution >= 0.6 is 11.6 Å². The van der Waals surface area contributed by atoms with Crippen LogP contribution in [0.1, 0.15) is 17.0 Å². The highest BCUT2D eigenvalue weighted by atomic mass is 35.5. The van der Waals surface area contributed by atoms with Gasteiger partial charge in [-0.3, -0.25) is 9.36 Å². The molecule has 5 nitrogen and oxygen atoms in total. The van der Waals surface area contributed by atoms with Crippen molar-refractivity contribution in [3.8, 4) is 11.4 Å². The van der Waals surface area contributed by atoms with E-state index in [1.165, 1.54) is 19.2 Å². The van der Waals surface area contributed by atoms with Crippen molar-refractivity contribution in [2.75, 3.05) is 7.11 Å². The molecule has 0 amide bonds. The quantitative estimate of drug-likeness (QED) is 0.317. The summed E-state index contributed by atoms with van der Waals surface area (Å²) in [6, 6.07) is 14.5. The number of benzene rings is 3. The first-order valence-corrected chi connectivity index (χ1v) is 11.0. The first kappa shape index (κ1) is 26.5. The standard InChI is InChI=1S/C25H17ClF6N2O3/c1-37-18-11-10-17-20(21(18)26)22(35)34(19(33-17)12-14-6-3-2-4-7-14)16-9-5-8-15(13-16)23(36,24(27,28)29)25(30,31)32/h2-11,13,36H,12H2,1H3. The third-order valence-corrected chi connectivity index (χ3v) is 6.15. The summed E-state index contributed by atoms with van der Waals surface area (Å²) in [6.45, 7) is 0. The zero-order valence-electron chi connectivity index (χ0n) is 18.9. The Hall–Kier alpha value is -3.57. The topological polar surface area (TPSA) is 64.3 Å². The highest BCUT2D eigenvalue weighted by Gasteiger charge is 2.71. The predicted molar refractivity (Wildman–Crippen MR) is 124 cm³/mol. The molecule has 0 bridgehead atoms. The number of fused-ring (bicyclic) bond motifs is 1. The van der Waals surface area contributed by atoms with Crippen LogP contribution in [0.5, 0.6) is 5.75 Å². The summed E-state index contributed by atoms with van der Waals surface area (Å²) < 4.78 is 87.2. The predicted octanol–water partition coefficient (Wildman–Crippen LogP) is 5.95. The maximum Gasteiger partial charge on any atom is 0.430 e. The van der Waals surface area contributed by atoms with Gasteiger partial charge in [0.15, 0.2) is 0 Å². The molecular weight excluding hydrogens is 526 g/mol. The fourth-order valence-electron chi connectivity index (χ4n) is 3.94. The summed E-state index contributed by atoms with van der Waals surface area (Å²) in [6.07, 6.45) is -12.2. The second kappa shape index (κ2) is 9.38. The lowest BCUT2D eigenvalue weighted by molar-refractivity contribution is -0.376. The second-order valence-electron chi connectivity index (χ2n) is 8.06. The van der Waals surface area contributed by atoms with E-state index in [1.54, 1.807) is 30.3 Å². The van der Waals surface area contributed by atoms with Crippen LogP contribution in [0.3, 0.4) is 0 Å². The number of nitrogens with zero attached hydrogens (tertiary/aromatic N) is 2. The van der Waals surface area contributed by atoms with Crippen LogP contribution in [0.2, 0.25) is 5.02 Å². The van der Waals surface area contributed by atoms with E-state index in [-0.39, 0.29) is 39.6 Å². The van der Waals surface area contributed by atoms with Crippen molar-refractivity contribution in [2.45, 2.75) is 24.4 Å². The lowest BCUT2D eigenvalue weighted by Gasteiger charge is -2.33. The van der Waals surface area contributed by atoms with Crippen molar-refractivity contribution in [2.24, 2.45) is 0 Å². The van der Waals surface area contributed by atoms with Gasteiger partial charge in [-0.2, -0.15) is 26.3 Å². The summed E-state index contributed by atoms with van der Waals surface area (Å²) in [5.41, 5.74) is -7.10. The number of hydrogen-bond acceptors (Lipinski definition) is 4. The SMILES string of the molecule is COc1ccc2nc(Cc3ccccc3)n(-c3cccc(C(O)(C(F)(F)F)C(F)(F)F)c3)c(=O)c2c1Cl. The van der Waals surface area contributed by atoms with Crippen molar-refractivity contribution in [1.29, 1.82) is 0 Å². The van der Waals surface area contributed by atoms with Crippen LogP contribution in [0.15, 0.2) is 71.5 Å². The molecule has 12 heteroatoms. The lowest BCUT2D eigenvalue weighted by Crippen LogP contribution is -2.54. The molecule has 0 spiro atoms. The second-order valence-corrected chi connectivity index (χ2v) is 8.44. The van der Waals surface area contributed by atoms with Gasteiger partial charge < -0.3 is 9.84 Å². The van der Waals surface area contributed by atoms with E-state index in [4.69, 9.17) is 16.3 Å².